The molecule has 4 rings (SSSR count). The fourth-order valence-electron chi connectivity index (χ4n) is 7.71. The van der Waals surface area contributed by atoms with Crippen molar-refractivity contribution in [3.63, 3.8) is 0 Å². The van der Waals surface area contributed by atoms with Gasteiger partial charge < -0.3 is 64.9 Å². The van der Waals surface area contributed by atoms with Crippen LogP contribution < -0.4 is 27.0 Å². The molecule has 0 atom stereocenters. The van der Waals surface area contributed by atoms with Crippen molar-refractivity contribution in [1.82, 2.24) is 40.9 Å². The normalized spacial score (nSPS) is 12.2. The van der Waals surface area contributed by atoms with Crippen LogP contribution in [0.2, 0.25) is 0 Å². The number of rotatable bonds is 48. The maximum atomic E-state index is 11.5. The third-order valence-corrected chi connectivity index (χ3v) is 21.5. The van der Waals surface area contributed by atoms with Crippen LogP contribution in [0.15, 0.2) is 0 Å². The molecule has 4 saturated heterocycles. The predicted octanol–water partition coefficient (Wildman–Crippen LogP) is 3.95. The van der Waals surface area contributed by atoms with E-state index in [9.17, 15) is 76.7 Å². The van der Waals surface area contributed by atoms with E-state index in [2.05, 4.69) is 61.5 Å². The number of thioether (sulfide) groups is 8. The van der Waals surface area contributed by atoms with Crippen LogP contribution in [0.1, 0.15) is 103 Å². The Kier molecular flexibility index (Phi) is 153. The van der Waals surface area contributed by atoms with Crippen molar-refractivity contribution in [3.8, 4) is 0 Å². The summed E-state index contributed by atoms with van der Waals surface area (Å²) in [4.78, 5) is 182. The maximum absolute atomic E-state index is 11.5. The number of carbonyl (C=O) groups is 16. The van der Waals surface area contributed by atoms with Crippen molar-refractivity contribution in [3.05, 3.63) is 0 Å². The van der Waals surface area contributed by atoms with E-state index < -0.39 is 23.6 Å². The van der Waals surface area contributed by atoms with Gasteiger partial charge in [0.05, 0.1) is 46.0 Å². The SMILES string of the molecule is CN.CNC(=O)CSCCCOC.CNC(=O)CSCCCOC.CNC(=O)CSCCCOC.CNC(=O)CSCCCOC.COCCCSCC(=O)N1C(=O)CCC1=O.COCCCSCC(=O)N1C(=O)CCC1=O.COCCCSCC(=O)N1C(=O)CCC1=O.COCCCSCC(=O)N1C(=O)CCC1=O.OOS.OOS.[Er].[Er].[Y].[Y].[Yb].[Yb]. The van der Waals surface area contributed by atoms with Crippen molar-refractivity contribution in [2.24, 2.45) is 5.73 Å². The number of carbonyl (C=O) groups excluding carboxylic acids is 16. The molecule has 4 fully saturated rings. The van der Waals surface area contributed by atoms with E-state index in [0.717, 1.165) is 143 Å². The summed E-state index contributed by atoms with van der Waals surface area (Å²) in [5, 5.41) is 24.1. The van der Waals surface area contributed by atoms with Gasteiger partial charge in [-0.05, 0) is 104 Å². The Bertz CT molecular complexity index is 2270. The second kappa shape index (κ2) is 121. The third kappa shape index (κ3) is 101. The molecular formula is C69H129Er2N9O28S10Y2Yb2. The van der Waals surface area contributed by atoms with Gasteiger partial charge in [-0.2, -0.15) is 103 Å². The number of amides is 16. The fraction of sp³-hybridized carbons (Fsp3) is 0.768. The summed E-state index contributed by atoms with van der Waals surface area (Å²) in [6, 6.07) is 0. The Morgan fingerprint density at radius 1 is 0.295 bits per heavy atom. The monoisotopic (exact) mass is 2710 g/mol. The van der Waals surface area contributed by atoms with Crippen molar-refractivity contribution in [2.75, 3.05) is 237 Å². The molecule has 4 aliphatic rings. The van der Waals surface area contributed by atoms with Crippen molar-refractivity contribution < 1.29 is 368 Å². The van der Waals surface area contributed by atoms with E-state index in [1.54, 1.807) is 132 Å². The van der Waals surface area contributed by atoms with E-state index in [-0.39, 0.29) is 379 Å². The maximum Gasteiger partial charge on any atom is 0.246 e. The molecule has 0 aromatic carbocycles. The molecule has 0 bridgehead atoms. The zero-order valence-electron chi connectivity index (χ0n) is 71.6. The van der Waals surface area contributed by atoms with Crippen molar-refractivity contribution in [1.29, 1.82) is 0 Å². The van der Waals surface area contributed by atoms with Gasteiger partial charge in [0.25, 0.3) is 0 Å². The molecular weight excluding hydrogens is 2580 g/mol. The molecule has 0 saturated carbocycles. The van der Waals surface area contributed by atoms with Crippen molar-refractivity contribution in [2.45, 2.75) is 103 Å². The molecule has 0 aromatic heterocycles. The van der Waals surface area contributed by atoms with Crippen LogP contribution in [0.5, 0.6) is 0 Å². The van der Waals surface area contributed by atoms with Crippen LogP contribution in [0.25, 0.3) is 0 Å². The molecule has 0 aromatic rings. The minimum atomic E-state index is -0.394. The number of hydrogen-bond acceptors (Lipinski definition) is 39. The van der Waals surface area contributed by atoms with Crippen molar-refractivity contribution >= 4 is 214 Å². The summed E-state index contributed by atoms with van der Waals surface area (Å²) < 4.78 is 44.8. The first-order chi connectivity index (χ1) is 55.7. The number of ether oxygens (including phenoxy) is 8. The van der Waals surface area contributed by atoms with Gasteiger partial charge in [0.1, 0.15) is 0 Å². The zero-order valence-corrected chi connectivity index (χ0v) is 92.7. The Morgan fingerprint density at radius 3 is 0.500 bits per heavy atom. The summed E-state index contributed by atoms with van der Waals surface area (Å²) in [6.07, 6.45) is 8.80. The number of nitrogens with one attached hydrogen (secondary N) is 4. The van der Waals surface area contributed by atoms with Crippen LogP contribution >= 0.6 is 120 Å². The average molecular weight is 2710 g/mol. The number of likely N-dealkylation sites (tertiary alicyclic amines) is 4. The first-order valence-electron chi connectivity index (χ1n) is 36.1. The van der Waals surface area contributed by atoms with Gasteiger partial charge >= 0.3 is 0 Å². The quantitative estimate of drug-likeness (QED) is 0.0104. The number of imide groups is 12. The Labute approximate surface area is 953 Å². The molecule has 37 nitrogen and oxygen atoms in total. The van der Waals surface area contributed by atoms with E-state index in [0.29, 0.717) is 49.4 Å². The minimum absolute atomic E-state index is 0. The molecule has 53 heteroatoms. The van der Waals surface area contributed by atoms with Gasteiger partial charge in [-0.1, -0.05) is 0 Å². The van der Waals surface area contributed by atoms with Gasteiger partial charge in [0, 0.05) is 449 Å². The fourth-order valence-corrected chi connectivity index (χ4v) is 14.0. The first kappa shape index (κ1) is 154. The van der Waals surface area contributed by atoms with Gasteiger partial charge in [0.15, 0.2) is 0 Å². The van der Waals surface area contributed by atoms with E-state index >= 15 is 0 Å². The second-order valence-corrected chi connectivity index (χ2v) is 31.3. The number of hydrogen-bond donors (Lipinski definition) is 9. The molecule has 0 aliphatic carbocycles. The van der Waals surface area contributed by atoms with Crippen LogP contribution in [0, 0.1) is 168 Å². The van der Waals surface area contributed by atoms with Gasteiger partial charge in [-0.15, -0.1) is 0 Å². The predicted molar refractivity (Wildman–Crippen MR) is 467 cm³/mol. The molecule has 4 heterocycles. The smallest absolute Gasteiger partial charge is 0.246 e. The third-order valence-electron chi connectivity index (χ3n) is 13.3. The molecule has 16 amide bonds. The second-order valence-electron chi connectivity index (χ2n) is 22.1. The summed E-state index contributed by atoms with van der Waals surface area (Å²) in [6.45, 7) is 5.74. The van der Waals surface area contributed by atoms with Crippen LogP contribution in [0.4, 0.5) is 0 Å². The Morgan fingerprint density at radius 2 is 0.402 bits per heavy atom. The molecule has 122 heavy (non-hydrogen) atoms. The van der Waals surface area contributed by atoms with Crippen LogP contribution in [0.3, 0.4) is 0 Å². The molecule has 4 aliphatic heterocycles. The average Bonchev–Trinajstić information content (AvgIpc) is 1.74. The van der Waals surface area contributed by atoms with Gasteiger partial charge in [-0.25, -0.2) is 30.1 Å². The van der Waals surface area contributed by atoms with E-state index in [4.69, 9.17) is 48.4 Å². The molecule has 736 valence electrons. The van der Waals surface area contributed by atoms with E-state index in [1.165, 1.54) is 54.1 Å². The first-order valence-corrected chi connectivity index (χ1v) is 46.1. The van der Waals surface area contributed by atoms with Crippen LogP contribution in [-0.2, 0) is 189 Å². The van der Waals surface area contributed by atoms with Gasteiger partial charge in [-0.3, -0.25) is 76.7 Å². The summed E-state index contributed by atoms with van der Waals surface area (Å²) in [5.74, 6) is 5.89. The molecule has 0 unspecified atom stereocenters. The largest absolute Gasteiger partial charge is 0.385 e. The number of methoxy groups -OCH3 is 8. The standard InChI is InChI=1S/4C10H15NO4S.4C7H15NO2S.CH5N.2Er.2H2O2S.2Y.2Yb/c4*1-15-5-2-6-16-7-10(14)11-8(12)3-4-9(11)13;4*1-8-7(9)6-11-5-3-4-10-2;1-2;;;2*1-2-3;;;;/h4*2-7H2,1H3;4*3-6H2,1-2H3,(H,8,9);2H2,1H3;;;2*1,3H;;;;. The molecule has 0 spiro atoms. The molecule has 8 N–H and O–H groups in total. The zero-order chi connectivity index (χ0) is 89.4. The topological polar surface area (TPSA) is 493 Å². The van der Waals surface area contributed by atoms with Gasteiger partial charge in [0.2, 0.25) is 94.5 Å². The number of nitrogens with two attached hydrogens (primary N) is 1. The van der Waals surface area contributed by atoms with Crippen LogP contribution in [-0.4, -0.2) is 362 Å². The van der Waals surface area contributed by atoms with E-state index in [1.807, 2.05) is 0 Å². The summed E-state index contributed by atoms with van der Waals surface area (Å²) >= 11 is 17.9. The Balaban J connectivity index is -0.0000000997. The Hall–Kier alpha value is 3.84. The number of nitrogens with zero attached hydrogens (tertiary/aromatic N) is 4. The minimum Gasteiger partial charge on any atom is -0.385 e. The summed E-state index contributed by atoms with van der Waals surface area (Å²) in [5.41, 5.74) is 4.50. The number of thiol groups is 2. The summed E-state index contributed by atoms with van der Waals surface area (Å²) in [7, 11) is 21.3. The molecule has 2 radical (unpaired) electrons.